The third-order valence-electron chi connectivity index (χ3n) is 6.41. The molecule has 1 aromatic carbocycles. The Bertz CT molecular complexity index is 792. The second-order valence-corrected chi connectivity index (χ2v) is 10.5. The minimum atomic E-state index is -0.529. The third-order valence-corrected chi connectivity index (χ3v) is 6.64. The van der Waals surface area contributed by atoms with Gasteiger partial charge in [0, 0.05) is 43.8 Å². The molecule has 0 radical (unpaired) electrons. The van der Waals surface area contributed by atoms with Crippen LogP contribution in [-0.4, -0.2) is 82.2 Å². The van der Waals surface area contributed by atoms with E-state index < -0.39 is 5.60 Å². The fraction of sp³-hybridized carbons (Fsp3) is 0.680. The predicted octanol–water partition coefficient (Wildman–Crippen LogP) is 4.52. The van der Waals surface area contributed by atoms with Crippen LogP contribution in [0.5, 0.6) is 5.75 Å². The molecule has 2 aliphatic heterocycles. The molecule has 1 atom stereocenters. The Kier molecular flexibility index (Phi) is 8.88. The fourth-order valence-electron chi connectivity index (χ4n) is 4.52. The number of halogens is 1. The number of rotatable bonds is 2. The molecule has 7 nitrogen and oxygen atoms in total. The maximum Gasteiger partial charge on any atom is 0.410 e. The first-order valence-electron chi connectivity index (χ1n) is 12.1. The molecule has 4 rings (SSSR count). The quantitative estimate of drug-likeness (QED) is 0.675. The molecule has 0 spiro atoms. The van der Waals surface area contributed by atoms with Gasteiger partial charge in [-0.1, -0.05) is 24.1 Å². The van der Waals surface area contributed by atoms with Crippen molar-refractivity contribution in [2.75, 3.05) is 32.7 Å². The lowest BCUT2D eigenvalue weighted by Crippen LogP contribution is -2.50. The standard InChI is InChI=1S/C19H33N3O3.C6H5ClO/c1-19(2,3)25-18(24)22-12-5-9-16(22)17(23)21-11-6-10-20(13-14-21)15-7-4-8-15;7-5-2-1-3-6(8)4-5/h15-16H,4-14H2,1-3H3;1-4,8H/t16-;/m1./s1. The number of carbonyl (C=O) groups excluding carboxylic acids is 2. The SMILES string of the molecule is CC(C)(C)OC(=O)N1CCC[C@@H]1C(=O)N1CCCN(C2CCC2)CC1.Oc1cccc(Cl)c1. The van der Waals surface area contributed by atoms with Crippen molar-refractivity contribution in [3.8, 4) is 5.75 Å². The zero-order valence-electron chi connectivity index (χ0n) is 20.1. The maximum absolute atomic E-state index is 13.1. The van der Waals surface area contributed by atoms with Crippen molar-refractivity contribution in [1.82, 2.24) is 14.7 Å². The summed E-state index contributed by atoms with van der Waals surface area (Å²) in [5.74, 6) is 0.316. The zero-order valence-corrected chi connectivity index (χ0v) is 20.9. The van der Waals surface area contributed by atoms with Gasteiger partial charge in [0.05, 0.1) is 0 Å². The highest BCUT2D eigenvalue weighted by Crippen LogP contribution is 2.27. The average Bonchev–Trinajstić information content (AvgIpc) is 3.06. The highest BCUT2D eigenvalue weighted by atomic mass is 35.5. The number of benzene rings is 1. The number of nitrogens with zero attached hydrogens (tertiary/aromatic N) is 3. The van der Waals surface area contributed by atoms with Crippen molar-refractivity contribution < 1.29 is 19.4 Å². The first-order valence-corrected chi connectivity index (χ1v) is 12.5. The van der Waals surface area contributed by atoms with E-state index in [2.05, 4.69) is 4.90 Å². The fourth-order valence-corrected chi connectivity index (χ4v) is 4.71. The Morgan fingerprint density at radius 3 is 2.33 bits per heavy atom. The van der Waals surface area contributed by atoms with Crippen molar-refractivity contribution in [3.63, 3.8) is 0 Å². The second kappa shape index (κ2) is 11.4. The number of amides is 2. The molecule has 184 valence electrons. The van der Waals surface area contributed by atoms with E-state index in [9.17, 15) is 9.59 Å². The predicted molar refractivity (Wildman–Crippen MR) is 129 cm³/mol. The minimum absolute atomic E-state index is 0.110. The summed E-state index contributed by atoms with van der Waals surface area (Å²) in [7, 11) is 0. The summed E-state index contributed by atoms with van der Waals surface area (Å²) >= 11 is 5.48. The highest BCUT2D eigenvalue weighted by molar-refractivity contribution is 6.30. The summed E-state index contributed by atoms with van der Waals surface area (Å²) in [6.07, 6.45) is 6.26. The highest BCUT2D eigenvalue weighted by Gasteiger charge is 2.39. The summed E-state index contributed by atoms with van der Waals surface area (Å²) in [5, 5.41) is 9.29. The Labute approximate surface area is 202 Å². The normalized spacial score (nSPS) is 22.1. The first kappa shape index (κ1) is 25.6. The van der Waals surface area contributed by atoms with E-state index in [0.717, 1.165) is 51.5 Å². The van der Waals surface area contributed by atoms with Crippen LogP contribution >= 0.6 is 11.6 Å². The molecule has 2 heterocycles. The van der Waals surface area contributed by atoms with Crippen molar-refractivity contribution in [3.05, 3.63) is 29.3 Å². The number of hydrogen-bond donors (Lipinski definition) is 1. The Hall–Kier alpha value is -1.99. The monoisotopic (exact) mass is 479 g/mol. The molecular weight excluding hydrogens is 442 g/mol. The van der Waals surface area contributed by atoms with Gasteiger partial charge in [-0.2, -0.15) is 0 Å². The van der Waals surface area contributed by atoms with Gasteiger partial charge in [-0.05, 0) is 71.1 Å². The number of likely N-dealkylation sites (tertiary alicyclic amines) is 1. The number of phenols is 1. The van der Waals surface area contributed by atoms with Crippen molar-refractivity contribution in [1.29, 1.82) is 0 Å². The van der Waals surface area contributed by atoms with Gasteiger partial charge in [-0.25, -0.2) is 4.79 Å². The summed E-state index contributed by atoms with van der Waals surface area (Å²) in [6, 6.07) is 6.86. The van der Waals surface area contributed by atoms with E-state index in [0.29, 0.717) is 11.6 Å². The molecule has 3 fully saturated rings. The van der Waals surface area contributed by atoms with Gasteiger partial charge >= 0.3 is 6.09 Å². The first-order chi connectivity index (χ1) is 15.6. The third kappa shape index (κ3) is 7.51. The Morgan fingerprint density at radius 2 is 1.76 bits per heavy atom. The smallest absolute Gasteiger partial charge is 0.410 e. The van der Waals surface area contributed by atoms with Gasteiger partial charge in [0.1, 0.15) is 17.4 Å². The van der Waals surface area contributed by atoms with Crippen LogP contribution < -0.4 is 0 Å². The topological polar surface area (TPSA) is 73.3 Å². The molecule has 1 saturated carbocycles. The van der Waals surface area contributed by atoms with Gasteiger partial charge in [0.2, 0.25) is 5.91 Å². The van der Waals surface area contributed by atoms with Crippen LogP contribution in [0.3, 0.4) is 0 Å². The molecule has 1 N–H and O–H groups in total. The Morgan fingerprint density at radius 1 is 1.00 bits per heavy atom. The van der Waals surface area contributed by atoms with E-state index in [1.807, 2.05) is 25.7 Å². The number of carbonyl (C=O) groups is 2. The van der Waals surface area contributed by atoms with E-state index in [1.165, 1.54) is 25.3 Å². The molecule has 0 unspecified atom stereocenters. The largest absolute Gasteiger partial charge is 0.508 e. The number of ether oxygens (including phenoxy) is 1. The molecule has 2 saturated heterocycles. The van der Waals surface area contributed by atoms with Crippen molar-refractivity contribution >= 4 is 23.6 Å². The molecular formula is C25H38ClN3O4. The minimum Gasteiger partial charge on any atom is -0.508 e. The summed E-state index contributed by atoms with van der Waals surface area (Å²) < 4.78 is 5.49. The summed E-state index contributed by atoms with van der Waals surface area (Å²) in [5.41, 5.74) is -0.529. The van der Waals surface area contributed by atoms with Crippen LogP contribution in [0, 0.1) is 0 Å². The number of phenolic OH excluding ortho intramolecular Hbond substituents is 1. The van der Waals surface area contributed by atoms with Gasteiger partial charge in [0.15, 0.2) is 0 Å². The van der Waals surface area contributed by atoms with E-state index >= 15 is 0 Å². The Balaban J connectivity index is 0.000000323. The lowest BCUT2D eigenvalue weighted by molar-refractivity contribution is -0.135. The average molecular weight is 480 g/mol. The van der Waals surface area contributed by atoms with Crippen LogP contribution in [0.25, 0.3) is 0 Å². The molecule has 1 aliphatic carbocycles. The molecule has 8 heteroatoms. The number of aromatic hydroxyl groups is 1. The van der Waals surface area contributed by atoms with Crippen LogP contribution in [0.1, 0.15) is 59.3 Å². The summed E-state index contributed by atoms with van der Waals surface area (Å²) in [6.45, 7) is 9.86. The zero-order chi connectivity index (χ0) is 24.0. The molecule has 1 aromatic rings. The molecule has 2 amide bonds. The maximum atomic E-state index is 13.1. The second-order valence-electron chi connectivity index (χ2n) is 10.1. The summed E-state index contributed by atoms with van der Waals surface area (Å²) in [4.78, 5) is 31.7. The van der Waals surface area contributed by atoms with E-state index in [1.54, 1.807) is 23.1 Å². The van der Waals surface area contributed by atoms with Gasteiger partial charge in [0.25, 0.3) is 0 Å². The van der Waals surface area contributed by atoms with Crippen LogP contribution in [0.15, 0.2) is 24.3 Å². The van der Waals surface area contributed by atoms with Crippen molar-refractivity contribution in [2.45, 2.75) is 77.0 Å². The lowest BCUT2D eigenvalue weighted by atomic mass is 9.91. The van der Waals surface area contributed by atoms with E-state index in [-0.39, 0.29) is 23.8 Å². The molecule has 0 aromatic heterocycles. The molecule has 3 aliphatic rings. The van der Waals surface area contributed by atoms with Crippen molar-refractivity contribution in [2.24, 2.45) is 0 Å². The van der Waals surface area contributed by atoms with Crippen LogP contribution in [0.2, 0.25) is 5.02 Å². The van der Waals surface area contributed by atoms with Crippen LogP contribution in [0.4, 0.5) is 4.79 Å². The van der Waals surface area contributed by atoms with Gasteiger partial charge in [-0.15, -0.1) is 0 Å². The van der Waals surface area contributed by atoms with Gasteiger partial charge in [-0.3, -0.25) is 14.6 Å². The van der Waals surface area contributed by atoms with Crippen LogP contribution in [-0.2, 0) is 9.53 Å². The lowest BCUT2D eigenvalue weighted by Gasteiger charge is -2.37. The van der Waals surface area contributed by atoms with Gasteiger partial charge < -0.3 is 14.7 Å². The van der Waals surface area contributed by atoms with E-state index in [4.69, 9.17) is 21.4 Å². The molecule has 0 bridgehead atoms. The number of hydrogen-bond acceptors (Lipinski definition) is 5. The molecule has 33 heavy (non-hydrogen) atoms.